The van der Waals surface area contributed by atoms with E-state index in [1.807, 2.05) is 26.8 Å². The first-order valence-electron chi connectivity index (χ1n) is 11.5. The van der Waals surface area contributed by atoms with E-state index >= 15 is 0 Å². The molecule has 1 amide bonds. The summed E-state index contributed by atoms with van der Waals surface area (Å²) in [6, 6.07) is 2.90. The van der Waals surface area contributed by atoms with Gasteiger partial charge in [-0.2, -0.15) is 0 Å². The summed E-state index contributed by atoms with van der Waals surface area (Å²) in [7, 11) is 4.32. The third-order valence-electron chi connectivity index (χ3n) is 6.94. The molecular weight excluding hydrogens is 402 g/mol. The summed E-state index contributed by atoms with van der Waals surface area (Å²) in [5.41, 5.74) is 4.39. The normalized spacial score (nSPS) is 19.6. The number of pyridine rings is 2. The van der Waals surface area contributed by atoms with Crippen LogP contribution in [0.1, 0.15) is 65.3 Å². The van der Waals surface area contributed by atoms with E-state index in [0.29, 0.717) is 29.1 Å². The molecule has 0 aliphatic heterocycles. The Labute approximate surface area is 191 Å². The van der Waals surface area contributed by atoms with Crippen molar-refractivity contribution in [3.8, 4) is 0 Å². The highest BCUT2D eigenvalue weighted by molar-refractivity contribution is 5.96. The third kappa shape index (κ3) is 5.57. The van der Waals surface area contributed by atoms with E-state index in [4.69, 9.17) is 0 Å². The summed E-state index contributed by atoms with van der Waals surface area (Å²) in [4.78, 5) is 34.5. The lowest BCUT2D eigenvalue weighted by Gasteiger charge is -2.36. The number of carbonyl (C=O) groups excluding carboxylic acids is 1. The molecular formula is C25H37N5O2. The van der Waals surface area contributed by atoms with Crippen molar-refractivity contribution in [1.29, 1.82) is 0 Å². The van der Waals surface area contributed by atoms with Crippen molar-refractivity contribution >= 4 is 11.6 Å². The summed E-state index contributed by atoms with van der Waals surface area (Å²) >= 11 is 0. The topological polar surface area (TPSA) is 90.1 Å². The van der Waals surface area contributed by atoms with Crippen LogP contribution in [0.25, 0.3) is 0 Å². The predicted molar refractivity (Wildman–Crippen MR) is 129 cm³/mol. The Balaban J connectivity index is 1.65. The average Bonchev–Trinajstić information content (AvgIpc) is 2.74. The summed E-state index contributed by atoms with van der Waals surface area (Å²) in [6.45, 7) is 8.08. The maximum atomic E-state index is 12.9. The number of aromatic nitrogens is 2. The number of hydrogen-bond donors (Lipinski definition) is 3. The number of rotatable bonds is 7. The van der Waals surface area contributed by atoms with E-state index < -0.39 is 0 Å². The first kappa shape index (κ1) is 24.0. The van der Waals surface area contributed by atoms with Crippen LogP contribution in [-0.2, 0) is 6.54 Å². The van der Waals surface area contributed by atoms with Gasteiger partial charge in [-0.15, -0.1) is 0 Å². The second kappa shape index (κ2) is 10.3. The van der Waals surface area contributed by atoms with Crippen molar-refractivity contribution in [3.63, 3.8) is 0 Å². The van der Waals surface area contributed by atoms with Crippen LogP contribution in [-0.4, -0.2) is 47.0 Å². The van der Waals surface area contributed by atoms with Gasteiger partial charge in [-0.1, -0.05) is 0 Å². The molecule has 0 spiro atoms. The molecule has 0 saturated heterocycles. The monoisotopic (exact) mass is 439 g/mol. The predicted octanol–water partition coefficient (Wildman–Crippen LogP) is 3.55. The standard InChI is InChI=1S/C25H37N5O2/c1-15-11-16(2)28-25(32)21(15)13-27-24(31)22-12-26-14-23(17(22)3)29-18(4)19-7-9-20(10-8-19)30(5)6/h11-12,14,18-20,29H,7-10,13H2,1-6H3,(H,27,31)(H,28,32)/t18?,19-,20-. The Morgan fingerprint density at radius 1 is 1.19 bits per heavy atom. The molecule has 2 aromatic heterocycles. The number of nitrogens with zero attached hydrogens (tertiary/aromatic N) is 2. The number of nitrogens with one attached hydrogen (secondary N) is 3. The Kier molecular flexibility index (Phi) is 7.72. The maximum absolute atomic E-state index is 12.9. The SMILES string of the molecule is Cc1cc(C)c(CNC(=O)c2cncc(NC(C)[C@H]3CC[C@H](N(C)C)CC3)c2C)c(=O)[nH]1. The highest BCUT2D eigenvalue weighted by Gasteiger charge is 2.26. The van der Waals surface area contributed by atoms with Crippen LogP contribution >= 0.6 is 0 Å². The van der Waals surface area contributed by atoms with E-state index in [1.54, 1.807) is 12.4 Å². The van der Waals surface area contributed by atoms with Crippen molar-refractivity contribution in [2.24, 2.45) is 5.92 Å². The van der Waals surface area contributed by atoms with Crippen LogP contribution in [0.3, 0.4) is 0 Å². The molecule has 1 aliphatic carbocycles. The van der Waals surface area contributed by atoms with Crippen LogP contribution in [0.2, 0.25) is 0 Å². The zero-order chi connectivity index (χ0) is 23.4. The summed E-state index contributed by atoms with van der Waals surface area (Å²) in [5, 5.41) is 6.49. The average molecular weight is 440 g/mol. The quantitative estimate of drug-likeness (QED) is 0.614. The molecule has 7 heteroatoms. The lowest BCUT2D eigenvalue weighted by Crippen LogP contribution is -2.36. The molecule has 1 aliphatic rings. The van der Waals surface area contributed by atoms with Gasteiger partial charge in [0.15, 0.2) is 0 Å². The molecule has 7 nitrogen and oxygen atoms in total. The number of H-pyrrole nitrogens is 1. The van der Waals surface area contributed by atoms with Crippen molar-refractivity contribution in [1.82, 2.24) is 20.2 Å². The fraction of sp³-hybridized carbons (Fsp3) is 0.560. The van der Waals surface area contributed by atoms with Crippen LogP contribution in [0, 0.1) is 26.7 Å². The lowest BCUT2D eigenvalue weighted by atomic mass is 9.81. The Hall–Kier alpha value is -2.67. The van der Waals surface area contributed by atoms with Crippen molar-refractivity contribution in [2.45, 2.75) is 72.0 Å². The first-order valence-corrected chi connectivity index (χ1v) is 11.5. The van der Waals surface area contributed by atoms with Gasteiger partial charge in [0, 0.05) is 36.1 Å². The van der Waals surface area contributed by atoms with E-state index in [-0.39, 0.29) is 18.0 Å². The van der Waals surface area contributed by atoms with Crippen molar-refractivity contribution < 1.29 is 4.79 Å². The van der Waals surface area contributed by atoms with E-state index in [1.165, 1.54) is 25.7 Å². The highest BCUT2D eigenvalue weighted by atomic mass is 16.1. The summed E-state index contributed by atoms with van der Waals surface area (Å²) in [6.07, 6.45) is 8.24. The van der Waals surface area contributed by atoms with Gasteiger partial charge in [0.05, 0.1) is 17.4 Å². The minimum absolute atomic E-state index is 0.161. The number of aryl methyl sites for hydroxylation is 2. The van der Waals surface area contributed by atoms with Gasteiger partial charge in [0.25, 0.3) is 11.5 Å². The maximum Gasteiger partial charge on any atom is 0.253 e. The molecule has 0 radical (unpaired) electrons. The minimum atomic E-state index is -0.225. The number of anilines is 1. The van der Waals surface area contributed by atoms with Crippen LogP contribution in [0.5, 0.6) is 0 Å². The van der Waals surface area contributed by atoms with Gasteiger partial charge in [-0.05, 0) is 90.6 Å². The second-order valence-electron chi connectivity index (χ2n) is 9.45. The Morgan fingerprint density at radius 3 is 2.50 bits per heavy atom. The zero-order valence-corrected chi connectivity index (χ0v) is 20.2. The van der Waals surface area contributed by atoms with E-state index in [2.05, 4.69) is 46.5 Å². The van der Waals surface area contributed by atoms with Crippen molar-refractivity contribution in [2.75, 3.05) is 19.4 Å². The zero-order valence-electron chi connectivity index (χ0n) is 20.2. The second-order valence-corrected chi connectivity index (χ2v) is 9.45. The molecule has 0 bridgehead atoms. The molecule has 3 rings (SSSR count). The lowest BCUT2D eigenvalue weighted by molar-refractivity contribution is 0.0950. The van der Waals surface area contributed by atoms with Crippen LogP contribution < -0.4 is 16.2 Å². The van der Waals surface area contributed by atoms with Gasteiger partial charge in [0.1, 0.15) is 0 Å². The number of amides is 1. The molecule has 0 aromatic carbocycles. The smallest absolute Gasteiger partial charge is 0.253 e. The fourth-order valence-electron chi connectivity index (χ4n) is 4.75. The molecule has 1 fully saturated rings. The molecule has 1 atom stereocenters. The summed E-state index contributed by atoms with van der Waals surface area (Å²) < 4.78 is 0. The van der Waals surface area contributed by atoms with Gasteiger partial charge in [-0.3, -0.25) is 14.6 Å². The highest BCUT2D eigenvalue weighted by Crippen LogP contribution is 2.31. The largest absolute Gasteiger partial charge is 0.381 e. The third-order valence-corrected chi connectivity index (χ3v) is 6.94. The van der Waals surface area contributed by atoms with Crippen molar-refractivity contribution in [3.05, 3.63) is 56.8 Å². The molecule has 3 N–H and O–H groups in total. The van der Waals surface area contributed by atoms with E-state index in [9.17, 15) is 9.59 Å². The molecule has 1 saturated carbocycles. The first-order chi connectivity index (χ1) is 15.2. The Morgan fingerprint density at radius 2 is 1.88 bits per heavy atom. The van der Waals surface area contributed by atoms with E-state index in [0.717, 1.165) is 22.5 Å². The van der Waals surface area contributed by atoms with Gasteiger partial charge in [-0.25, -0.2) is 0 Å². The molecule has 2 aromatic rings. The molecule has 1 unspecified atom stereocenters. The van der Waals surface area contributed by atoms with Gasteiger partial charge < -0.3 is 20.5 Å². The number of aromatic amines is 1. The van der Waals surface area contributed by atoms with Crippen LogP contribution in [0.15, 0.2) is 23.3 Å². The molecule has 32 heavy (non-hydrogen) atoms. The number of carbonyl (C=O) groups is 1. The fourth-order valence-corrected chi connectivity index (χ4v) is 4.75. The minimum Gasteiger partial charge on any atom is -0.381 e. The molecule has 174 valence electrons. The number of hydrogen-bond acceptors (Lipinski definition) is 5. The Bertz CT molecular complexity index is 1010. The van der Waals surface area contributed by atoms with Gasteiger partial charge in [0.2, 0.25) is 0 Å². The van der Waals surface area contributed by atoms with Crippen LogP contribution in [0.4, 0.5) is 5.69 Å². The van der Waals surface area contributed by atoms with Gasteiger partial charge >= 0.3 is 0 Å². The summed E-state index contributed by atoms with van der Waals surface area (Å²) in [5.74, 6) is 0.386. The molecule has 2 heterocycles.